The number of fused-ring (bicyclic) bond motifs is 1. The molecule has 30 heavy (non-hydrogen) atoms. The molecule has 5 nitrogen and oxygen atoms in total. The van der Waals surface area contributed by atoms with E-state index in [-0.39, 0.29) is 0 Å². The van der Waals surface area contributed by atoms with Gasteiger partial charge in [0.2, 0.25) is 0 Å². The average molecular weight is 409 g/mol. The number of hydrogen-bond donors (Lipinski definition) is 3. The number of aliphatic hydroxyl groups is 1. The van der Waals surface area contributed by atoms with Crippen LogP contribution in [-0.2, 0) is 16.1 Å². The highest BCUT2D eigenvalue weighted by Gasteiger charge is 2.28. The van der Waals surface area contributed by atoms with E-state index in [9.17, 15) is 5.11 Å². The molecular weight excluding hydrogens is 376 g/mol. The molecule has 5 heteroatoms. The molecule has 3 aromatic rings. The van der Waals surface area contributed by atoms with Gasteiger partial charge >= 0.3 is 0 Å². The Morgan fingerprint density at radius 2 is 1.87 bits per heavy atom. The van der Waals surface area contributed by atoms with Crippen molar-refractivity contribution in [1.82, 2.24) is 4.98 Å². The van der Waals surface area contributed by atoms with Crippen molar-refractivity contribution in [2.24, 2.45) is 0 Å². The van der Waals surface area contributed by atoms with Crippen LogP contribution in [0.2, 0.25) is 0 Å². The van der Waals surface area contributed by atoms with Gasteiger partial charge < -0.3 is 24.9 Å². The van der Waals surface area contributed by atoms with E-state index in [4.69, 9.17) is 9.47 Å². The molecule has 0 atom stereocenters. The average Bonchev–Trinajstić information content (AvgIpc) is 3.18. The van der Waals surface area contributed by atoms with Crippen LogP contribution in [0.3, 0.4) is 0 Å². The maximum atomic E-state index is 10.3. The van der Waals surface area contributed by atoms with Gasteiger partial charge in [0.25, 0.3) is 0 Å². The molecule has 0 saturated heterocycles. The van der Waals surface area contributed by atoms with E-state index >= 15 is 0 Å². The Kier molecular flexibility index (Phi) is 6.42. The third-order valence-electron chi connectivity index (χ3n) is 6.00. The maximum absolute atomic E-state index is 10.3. The van der Waals surface area contributed by atoms with Gasteiger partial charge in [-0.15, -0.1) is 0 Å². The van der Waals surface area contributed by atoms with Gasteiger partial charge in [-0.25, -0.2) is 0 Å². The number of benzene rings is 2. The minimum absolute atomic E-state index is 0.363. The molecular formula is C25H32N2O3. The van der Waals surface area contributed by atoms with Crippen LogP contribution in [-0.4, -0.2) is 42.1 Å². The van der Waals surface area contributed by atoms with Crippen molar-refractivity contribution in [3.05, 3.63) is 54.1 Å². The lowest BCUT2D eigenvalue weighted by Gasteiger charge is -2.34. The highest BCUT2D eigenvalue weighted by atomic mass is 16.5. The van der Waals surface area contributed by atoms with Crippen molar-refractivity contribution in [2.45, 2.75) is 50.9 Å². The lowest BCUT2D eigenvalue weighted by atomic mass is 9.83. The van der Waals surface area contributed by atoms with E-state index < -0.39 is 5.60 Å². The monoisotopic (exact) mass is 408 g/mol. The van der Waals surface area contributed by atoms with E-state index in [1.807, 2.05) is 13.0 Å². The SMILES string of the molecule is COCCOCc1cc(NC2CCC(C)(O)CC2)c2[nH]c(-c3ccccc3)cc2c1. The number of nitrogens with one attached hydrogen (secondary N) is 2. The van der Waals surface area contributed by atoms with Crippen LogP contribution >= 0.6 is 0 Å². The van der Waals surface area contributed by atoms with Gasteiger partial charge in [0.15, 0.2) is 0 Å². The number of ether oxygens (including phenoxy) is 2. The summed E-state index contributed by atoms with van der Waals surface area (Å²) in [6.45, 7) is 3.67. The van der Waals surface area contributed by atoms with E-state index in [1.54, 1.807) is 7.11 Å². The summed E-state index contributed by atoms with van der Waals surface area (Å²) < 4.78 is 10.9. The second kappa shape index (κ2) is 9.21. The van der Waals surface area contributed by atoms with Gasteiger partial charge in [0.05, 0.1) is 36.6 Å². The van der Waals surface area contributed by atoms with Crippen LogP contribution in [0.15, 0.2) is 48.5 Å². The Labute approximate surface area is 178 Å². The normalized spacial score (nSPS) is 21.8. The molecule has 4 rings (SSSR count). The molecule has 0 spiro atoms. The number of hydrogen-bond acceptors (Lipinski definition) is 4. The van der Waals surface area contributed by atoms with Gasteiger partial charge in [-0.3, -0.25) is 0 Å². The summed E-state index contributed by atoms with van der Waals surface area (Å²) in [5, 5.41) is 15.2. The number of anilines is 1. The Hall–Kier alpha value is -2.34. The molecule has 0 unspecified atom stereocenters. The molecule has 1 aliphatic rings. The standard InChI is InChI=1S/C25H32N2O3/c1-25(28)10-8-21(9-11-25)26-23-15-18(17-30-13-12-29-2)14-20-16-22(27-24(20)23)19-6-4-3-5-7-19/h3-7,14-16,21,26-28H,8-13,17H2,1-2H3. The fourth-order valence-corrected chi connectivity index (χ4v) is 4.21. The zero-order chi connectivity index (χ0) is 21.0. The summed E-state index contributed by atoms with van der Waals surface area (Å²) in [5.41, 5.74) is 5.11. The van der Waals surface area contributed by atoms with Crippen LogP contribution in [0.1, 0.15) is 38.2 Å². The Bertz CT molecular complexity index is 955. The number of aromatic nitrogens is 1. The topological polar surface area (TPSA) is 66.5 Å². The molecule has 1 aromatic heterocycles. The zero-order valence-corrected chi connectivity index (χ0v) is 17.9. The highest BCUT2D eigenvalue weighted by Crippen LogP contribution is 2.34. The fourth-order valence-electron chi connectivity index (χ4n) is 4.21. The Morgan fingerprint density at radius 3 is 2.60 bits per heavy atom. The lowest BCUT2D eigenvalue weighted by molar-refractivity contribution is 0.0196. The second-order valence-electron chi connectivity index (χ2n) is 8.62. The van der Waals surface area contributed by atoms with Gasteiger partial charge in [0, 0.05) is 24.2 Å². The first-order chi connectivity index (χ1) is 14.5. The summed E-state index contributed by atoms with van der Waals surface area (Å²) in [4.78, 5) is 3.62. The first-order valence-electron chi connectivity index (χ1n) is 10.8. The van der Waals surface area contributed by atoms with E-state index in [0.717, 1.165) is 48.1 Å². The van der Waals surface area contributed by atoms with Crippen molar-refractivity contribution < 1.29 is 14.6 Å². The minimum atomic E-state index is -0.530. The smallest absolute Gasteiger partial charge is 0.0719 e. The Morgan fingerprint density at radius 1 is 1.10 bits per heavy atom. The van der Waals surface area contributed by atoms with E-state index in [1.165, 1.54) is 10.9 Å². The minimum Gasteiger partial charge on any atom is -0.390 e. The van der Waals surface area contributed by atoms with Crippen LogP contribution in [0.25, 0.3) is 22.2 Å². The summed E-state index contributed by atoms with van der Waals surface area (Å²) in [7, 11) is 1.68. The van der Waals surface area contributed by atoms with Crippen LogP contribution in [0.4, 0.5) is 5.69 Å². The summed E-state index contributed by atoms with van der Waals surface area (Å²) >= 11 is 0. The molecule has 0 bridgehead atoms. The van der Waals surface area contributed by atoms with Gasteiger partial charge in [-0.1, -0.05) is 30.3 Å². The summed E-state index contributed by atoms with van der Waals surface area (Å²) in [6.07, 6.45) is 3.59. The number of rotatable bonds is 8. The van der Waals surface area contributed by atoms with Crippen LogP contribution in [0.5, 0.6) is 0 Å². The molecule has 3 N–H and O–H groups in total. The molecule has 1 fully saturated rings. The number of methoxy groups -OCH3 is 1. The van der Waals surface area contributed by atoms with Gasteiger partial charge in [0.1, 0.15) is 0 Å². The quantitative estimate of drug-likeness (QED) is 0.454. The van der Waals surface area contributed by atoms with E-state index in [2.05, 4.69) is 52.8 Å². The van der Waals surface area contributed by atoms with Crippen molar-refractivity contribution in [3.8, 4) is 11.3 Å². The molecule has 1 heterocycles. The third-order valence-corrected chi connectivity index (χ3v) is 6.00. The van der Waals surface area contributed by atoms with Crippen molar-refractivity contribution in [1.29, 1.82) is 0 Å². The van der Waals surface area contributed by atoms with Crippen molar-refractivity contribution in [2.75, 3.05) is 25.6 Å². The second-order valence-corrected chi connectivity index (χ2v) is 8.62. The first-order valence-corrected chi connectivity index (χ1v) is 10.8. The van der Waals surface area contributed by atoms with Crippen molar-refractivity contribution >= 4 is 16.6 Å². The molecule has 1 aliphatic carbocycles. The largest absolute Gasteiger partial charge is 0.390 e. The zero-order valence-electron chi connectivity index (χ0n) is 17.9. The lowest BCUT2D eigenvalue weighted by Crippen LogP contribution is -2.35. The summed E-state index contributed by atoms with van der Waals surface area (Å²) in [5.74, 6) is 0. The predicted octanol–water partition coefficient (Wildman–Crippen LogP) is 5.10. The molecule has 0 aliphatic heterocycles. The number of H-pyrrole nitrogens is 1. The predicted molar refractivity (Wildman–Crippen MR) is 122 cm³/mol. The molecule has 0 amide bonds. The molecule has 160 valence electrons. The van der Waals surface area contributed by atoms with Gasteiger partial charge in [-0.2, -0.15) is 0 Å². The first kappa shape index (κ1) is 20.9. The fraction of sp³-hybridized carbons (Fsp3) is 0.440. The van der Waals surface area contributed by atoms with Gasteiger partial charge in [-0.05, 0) is 61.9 Å². The third kappa shape index (κ3) is 5.04. The molecule has 0 radical (unpaired) electrons. The molecule has 2 aromatic carbocycles. The van der Waals surface area contributed by atoms with Crippen LogP contribution in [0, 0.1) is 0 Å². The van der Waals surface area contributed by atoms with Crippen LogP contribution < -0.4 is 5.32 Å². The summed E-state index contributed by atoms with van der Waals surface area (Å²) in [6, 6.07) is 17.3. The number of aromatic amines is 1. The maximum Gasteiger partial charge on any atom is 0.0719 e. The highest BCUT2D eigenvalue weighted by molar-refractivity contribution is 5.95. The van der Waals surface area contributed by atoms with E-state index in [0.29, 0.717) is 25.9 Å². The Balaban J connectivity index is 1.62. The molecule has 1 saturated carbocycles. The van der Waals surface area contributed by atoms with Crippen molar-refractivity contribution in [3.63, 3.8) is 0 Å².